The van der Waals surface area contributed by atoms with Gasteiger partial charge in [0, 0.05) is 21.1 Å². The number of benzene rings is 1. The van der Waals surface area contributed by atoms with Gasteiger partial charge < -0.3 is 24.4 Å². The number of carbonyl (C=O) groups excluding carboxylic acids is 1. The molecule has 1 aliphatic heterocycles. The summed E-state index contributed by atoms with van der Waals surface area (Å²) < 4.78 is 16.9. The summed E-state index contributed by atoms with van der Waals surface area (Å²) in [6, 6.07) is 9.61. The molecule has 7 heteroatoms. The maximum absolute atomic E-state index is 12.3. The first-order chi connectivity index (χ1) is 11.8. The lowest BCUT2D eigenvalue weighted by Crippen LogP contribution is -2.51. The molecule has 1 fully saturated rings. The lowest BCUT2D eigenvalue weighted by atomic mass is 10.0. The first-order valence-corrected chi connectivity index (χ1v) is 12.3. The largest absolute Gasteiger partial charge is 0.453 e. The maximum atomic E-state index is 12.3. The van der Waals surface area contributed by atoms with E-state index in [1.165, 1.54) is 0 Å². The zero-order valence-corrected chi connectivity index (χ0v) is 16.1. The van der Waals surface area contributed by atoms with Crippen molar-refractivity contribution < 1.29 is 29.2 Å². The lowest BCUT2D eigenvalue weighted by Gasteiger charge is -2.38. The van der Waals surface area contributed by atoms with Crippen LogP contribution in [-0.2, 0) is 14.2 Å². The number of esters is 1. The minimum atomic E-state index is -1.27. The van der Waals surface area contributed by atoms with Gasteiger partial charge in [-0.3, -0.25) is 0 Å². The molecule has 1 aliphatic rings. The van der Waals surface area contributed by atoms with Gasteiger partial charge in [-0.1, -0.05) is 37.8 Å². The Morgan fingerprint density at radius 2 is 1.96 bits per heavy atom. The Labute approximate surface area is 149 Å². The van der Waals surface area contributed by atoms with E-state index in [1.807, 2.05) is 6.07 Å². The van der Waals surface area contributed by atoms with Crippen molar-refractivity contribution in [2.75, 3.05) is 13.2 Å². The molecule has 0 bridgehead atoms. The van der Waals surface area contributed by atoms with Crippen molar-refractivity contribution in [3.05, 3.63) is 35.9 Å². The smallest absolute Gasteiger partial charge is 0.338 e. The van der Waals surface area contributed by atoms with Crippen LogP contribution in [0.3, 0.4) is 0 Å². The molecule has 1 saturated heterocycles. The summed E-state index contributed by atoms with van der Waals surface area (Å²) in [6.07, 6.45) is -2.97. The van der Waals surface area contributed by atoms with Crippen LogP contribution in [0.2, 0.25) is 25.7 Å². The van der Waals surface area contributed by atoms with Crippen LogP contribution in [-0.4, -0.2) is 62.1 Å². The highest BCUT2D eigenvalue weighted by Crippen LogP contribution is 2.25. The van der Waals surface area contributed by atoms with Gasteiger partial charge in [0.2, 0.25) is 0 Å². The topological polar surface area (TPSA) is 85.2 Å². The molecule has 0 saturated carbocycles. The molecule has 6 nitrogen and oxygen atoms in total. The summed E-state index contributed by atoms with van der Waals surface area (Å²) in [7, 11) is -1.27. The number of carbonyl (C=O) groups is 1. The number of aliphatic hydroxyl groups excluding tert-OH is 2. The van der Waals surface area contributed by atoms with Gasteiger partial charge in [0.05, 0.1) is 18.3 Å². The van der Waals surface area contributed by atoms with Gasteiger partial charge in [0.1, 0.15) is 6.10 Å². The van der Waals surface area contributed by atoms with Gasteiger partial charge in [0.15, 0.2) is 12.4 Å². The Kier molecular flexibility index (Phi) is 7.15. The van der Waals surface area contributed by atoms with E-state index in [0.717, 1.165) is 6.04 Å². The minimum absolute atomic E-state index is 0.168. The molecule has 25 heavy (non-hydrogen) atoms. The molecule has 2 rings (SSSR count). The molecule has 2 N–H and O–H groups in total. The molecule has 0 aliphatic carbocycles. The second kappa shape index (κ2) is 8.91. The van der Waals surface area contributed by atoms with E-state index < -0.39 is 38.6 Å². The van der Waals surface area contributed by atoms with Crippen LogP contribution >= 0.6 is 0 Å². The average Bonchev–Trinajstić information content (AvgIpc) is 2.56. The van der Waals surface area contributed by atoms with E-state index in [2.05, 4.69) is 19.6 Å². The summed E-state index contributed by atoms with van der Waals surface area (Å²) in [6.45, 7) is 6.91. The molecule has 1 aromatic carbocycles. The molecule has 0 spiro atoms. The number of rotatable bonds is 7. The zero-order chi connectivity index (χ0) is 18.4. The van der Waals surface area contributed by atoms with Crippen molar-refractivity contribution >= 4 is 14.0 Å². The van der Waals surface area contributed by atoms with Crippen molar-refractivity contribution in [1.82, 2.24) is 0 Å². The quantitative estimate of drug-likeness (QED) is 0.566. The van der Waals surface area contributed by atoms with Crippen LogP contribution < -0.4 is 0 Å². The third-order valence-electron chi connectivity index (χ3n) is 4.10. The first kappa shape index (κ1) is 20.1. The third-order valence-corrected chi connectivity index (χ3v) is 5.80. The van der Waals surface area contributed by atoms with Crippen LogP contribution in [0.15, 0.2) is 30.3 Å². The van der Waals surface area contributed by atoms with Crippen molar-refractivity contribution in [2.45, 2.75) is 56.7 Å². The number of hydrogen-bond acceptors (Lipinski definition) is 6. The predicted molar refractivity (Wildman–Crippen MR) is 96.1 cm³/mol. The second-order valence-electron chi connectivity index (χ2n) is 7.52. The number of aliphatic hydroxyl groups is 2. The molecular weight excluding hydrogens is 340 g/mol. The molecular formula is C18H28O6Si. The fourth-order valence-electron chi connectivity index (χ4n) is 2.53. The van der Waals surface area contributed by atoms with Gasteiger partial charge in [-0.2, -0.15) is 0 Å². The van der Waals surface area contributed by atoms with Crippen molar-refractivity contribution in [1.29, 1.82) is 0 Å². The second-order valence-corrected chi connectivity index (χ2v) is 13.1. The van der Waals surface area contributed by atoms with Crippen LogP contribution in [0.5, 0.6) is 0 Å². The van der Waals surface area contributed by atoms with E-state index >= 15 is 0 Å². The Hall–Kier alpha value is -1.25. The maximum Gasteiger partial charge on any atom is 0.338 e. The fourth-order valence-corrected chi connectivity index (χ4v) is 3.26. The van der Waals surface area contributed by atoms with Gasteiger partial charge in [-0.15, -0.1) is 0 Å². The Balaban J connectivity index is 2.01. The van der Waals surface area contributed by atoms with E-state index in [-0.39, 0.29) is 13.0 Å². The minimum Gasteiger partial charge on any atom is -0.453 e. The fraction of sp³-hybridized carbons (Fsp3) is 0.611. The summed E-state index contributed by atoms with van der Waals surface area (Å²) in [5.74, 6) is -0.484. The predicted octanol–water partition coefficient (Wildman–Crippen LogP) is 2.03. The van der Waals surface area contributed by atoms with Gasteiger partial charge in [-0.05, 0) is 18.2 Å². The molecule has 1 heterocycles. The monoisotopic (exact) mass is 368 g/mol. The molecule has 0 aromatic heterocycles. The highest BCUT2D eigenvalue weighted by Gasteiger charge is 2.40. The van der Waals surface area contributed by atoms with Gasteiger partial charge in [0.25, 0.3) is 0 Å². The van der Waals surface area contributed by atoms with E-state index in [9.17, 15) is 15.0 Å². The van der Waals surface area contributed by atoms with Crippen LogP contribution in [0.25, 0.3) is 0 Å². The summed E-state index contributed by atoms with van der Waals surface area (Å²) in [5, 5.41) is 19.4. The van der Waals surface area contributed by atoms with E-state index in [4.69, 9.17) is 14.2 Å². The van der Waals surface area contributed by atoms with Crippen molar-refractivity contribution in [3.8, 4) is 0 Å². The zero-order valence-electron chi connectivity index (χ0n) is 15.1. The molecule has 0 amide bonds. The lowest BCUT2D eigenvalue weighted by molar-refractivity contribution is -0.268. The van der Waals surface area contributed by atoms with E-state index in [1.54, 1.807) is 24.3 Å². The molecule has 4 atom stereocenters. The van der Waals surface area contributed by atoms with Crippen molar-refractivity contribution in [3.63, 3.8) is 0 Å². The molecule has 140 valence electrons. The van der Waals surface area contributed by atoms with Crippen LogP contribution in [0.4, 0.5) is 0 Å². The normalized spacial score (nSPS) is 27.1. The van der Waals surface area contributed by atoms with Gasteiger partial charge in [-0.25, -0.2) is 4.79 Å². The first-order valence-electron chi connectivity index (χ1n) is 8.62. The van der Waals surface area contributed by atoms with E-state index in [0.29, 0.717) is 12.2 Å². The highest BCUT2D eigenvalue weighted by atomic mass is 28.3. The highest BCUT2D eigenvalue weighted by molar-refractivity contribution is 6.76. The third kappa shape index (κ3) is 6.20. The standard InChI is InChI=1S/C18H28O6Si/c1-25(2,3)10-9-22-18-15(11-14(20)16(12-19)24-18)23-17(21)13-7-5-4-6-8-13/h4-8,14-16,18-20H,9-12H2,1-3H3/t14-,15+,16+,18+/m0/s1. The SMILES string of the molecule is C[Si](C)(C)CCO[C@@H]1O[C@H](CO)[C@@H](O)C[C@H]1OC(=O)c1ccccc1. The molecule has 1 aromatic rings. The Bertz CT molecular complexity index is 544. The summed E-state index contributed by atoms with van der Waals surface area (Å²) in [5.41, 5.74) is 0.433. The molecule has 0 radical (unpaired) electrons. The van der Waals surface area contributed by atoms with Gasteiger partial charge >= 0.3 is 5.97 Å². The Morgan fingerprint density at radius 1 is 1.28 bits per heavy atom. The Morgan fingerprint density at radius 3 is 2.56 bits per heavy atom. The molecule has 0 unspecified atom stereocenters. The van der Waals surface area contributed by atoms with Crippen LogP contribution in [0, 0.1) is 0 Å². The van der Waals surface area contributed by atoms with Crippen LogP contribution in [0.1, 0.15) is 16.8 Å². The summed E-state index contributed by atoms with van der Waals surface area (Å²) >= 11 is 0. The number of hydrogen-bond donors (Lipinski definition) is 2. The van der Waals surface area contributed by atoms with Crippen molar-refractivity contribution in [2.24, 2.45) is 0 Å². The number of ether oxygens (including phenoxy) is 3. The average molecular weight is 369 g/mol. The summed E-state index contributed by atoms with van der Waals surface area (Å²) in [4.78, 5) is 12.3.